The summed E-state index contributed by atoms with van der Waals surface area (Å²) in [7, 11) is 0. The molecule has 2 N–H and O–H groups in total. The van der Waals surface area contributed by atoms with Crippen LogP contribution in [0.25, 0.3) is 0 Å². The van der Waals surface area contributed by atoms with Gasteiger partial charge in [-0.15, -0.1) is 11.3 Å². The second-order valence-electron chi connectivity index (χ2n) is 4.12. The van der Waals surface area contributed by atoms with Crippen LogP contribution in [0.4, 0.5) is 4.39 Å². The Morgan fingerprint density at radius 1 is 1.53 bits per heavy atom. The average Bonchev–Trinajstić information content (AvgIpc) is 2.89. The van der Waals surface area contributed by atoms with Crippen LogP contribution in [0.5, 0.6) is 0 Å². The SMILES string of the molecule is CC(NCCn1cc(F)c(=O)[nH]c1=O)c1cccs1. The first-order chi connectivity index (χ1) is 9.08. The van der Waals surface area contributed by atoms with E-state index in [1.54, 1.807) is 11.3 Å². The molecule has 1 atom stereocenters. The van der Waals surface area contributed by atoms with Gasteiger partial charge >= 0.3 is 5.69 Å². The molecule has 102 valence electrons. The predicted molar refractivity (Wildman–Crippen MR) is 72.0 cm³/mol. The van der Waals surface area contributed by atoms with E-state index in [1.807, 2.05) is 29.4 Å². The maximum atomic E-state index is 13.0. The Kier molecular flexibility index (Phi) is 4.28. The molecule has 0 bridgehead atoms. The summed E-state index contributed by atoms with van der Waals surface area (Å²) in [5, 5.41) is 5.23. The number of aromatic nitrogens is 2. The largest absolute Gasteiger partial charge is 0.328 e. The minimum atomic E-state index is -0.985. The maximum Gasteiger partial charge on any atom is 0.328 e. The molecule has 0 aliphatic carbocycles. The summed E-state index contributed by atoms with van der Waals surface area (Å²) < 4.78 is 14.2. The van der Waals surface area contributed by atoms with Crippen molar-refractivity contribution in [3.63, 3.8) is 0 Å². The first-order valence-electron chi connectivity index (χ1n) is 5.84. The van der Waals surface area contributed by atoms with Crippen molar-refractivity contribution in [3.05, 3.63) is 55.2 Å². The van der Waals surface area contributed by atoms with Gasteiger partial charge in [0.1, 0.15) is 0 Å². The molecule has 0 aliphatic heterocycles. The normalized spacial score (nSPS) is 12.5. The molecule has 5 nitrogen and oxygen atoms in total. The van der Waals surface area contributed by atoms with Gasteiger partial charge < -0.3 is 5.32 Å². The van der Waals surface area contributed by atoms with E-state index in [0.29, 0.717) is 13.1 Å². The Morgan fingerprint density at radius 2 is 2.32 bits per heavy atom. The van der Waals surface area contributed by atoms with E-state index in [1.165, 1.54) is 4.88 Å². The van der Waals surface area contributed by atoms with Crippen molar-refractivity contribution in [1.82, 2.24) is 14.9 Å². The molecule has 7 heteroatoms. The minimum Gasteiger partial charge on any atom is -0.308 e. The molecule has 0 aliphatic rings. The number of rotatable bonds is 5. The van der Waals surface area contributed by atoms with Gasteiger partial charge in [0.15, 0.2) is 0 Å². The number of thiophene rings is 1. The van der Waals surface area contributed by atoms with E-state index in [2.05, 4.69) is 5.32 Å². The zero-order valence-electron chi connectivity index (χ0n) is 10.4. The molecule has 0 amide bonds. The van der Waals surface area contributed by atoms with Gasteiger partial charge in [-0.2, -0.15) is 4.39 Å². The van der Waals surface area contributed by atoms with Crippen LogP contribution in [0.3, 0.4) is 0 Å². The summed E-state index contributed by atoms with van der Waals surface area (Å²) in [5.41, 5.74) is -1.59. The number of hydrogen-bond donors (Lipinski definition) is 2. The number of halogens is 1. The van der Waals surface area contributed by atoms with Crippen LogP contribution in [0.2, 0.25) is 0 Å². The number of aromatic amines is 1. The molecule has 0 radical (unpaired) electrons. The van der Waals surface area contributed by atoms with Crippen molar-refractivity contribution in [2.24, 2.45) is 0 Å². The first-order valence-corrected chi connectivity index (χ1v) is 6.72. The first kappa shape index (κ1) is 13.7. The van der Waals surface area contributed by atoms with Crippen molar-refractivity contribution in [2.75, 3.05) is 6.54 Å². The van der Waals surface area contributed by atoms with Crippen molar-refractivity contribution in [3.8, 4) is 0 Å². The lowest BCUT2D eigenvalue weighted by atomic mass is 10.3. The molecule has 0 aromatic carbocycles. The van der Waals surface area contributed by atoms with E-state index in [-0.39, 0.29) is 6.04 Å². The van der Waals surface area contributed by atoms with Gasteiger partial charge in [0.2, 0.25) is 5.82 Å². The average molecular weight is 283 g/mol. The lowest BCUT2D eigenvalue weighted by Gasteiger charge is -2.12. The summed E-state index contributed by atoms with van der Waals surface area (Å²) in [6.07, 6.45) is 0.929. The third kappa shape index (κ3) is 3.39. The van der Waals surface area contributed by atoms with Crippen molar-refractivity contribution < 1.29 is 4.39 Å². The molecule has 0 fully saturated rings. The molecule has 2 aromatic heterocycles. The van der Waals surface area contributed by atoms with E-state index in [0.717, 1.165) is 10.8 Å². The Hall–Kier alpha value is -1.73. The lowest BCUT2D eigenvalue weighted by Crippen LogP contribution is -2.34. The molecule has 2 rings (SSSR count). The summed E-state index contributed by atoms with van der Waals surface area (Å²) in [5.74, 6) is -0.953. The third-order valence-corrected chi connectivity index (χ3v) is 3.80. The van der Waals surface area contributed by atoms with Crippen LogP contribution in [0.1, 0.15) is 17.8 Å². The van der Waals surface area contributed by atoms with Gasteiger partial charge in [-0.3, -0.25) is 14.3 Å². The molecule has 1 unspecified atom stereocenters. The van der Waals surface area contributed by atoms with Crippen LogP contribution < -0.4 is 16.6 Å². The molecule has 0 spiro atoms. The molecule has 2 heterocycles. The highest BCUT2D eigenvalue weighted by Gasteiger charge is 2.06. The zero-order valence-corrected chi connectivity index (χ0v) is 11.2. The fourth-order valence-electron chi connectivity index (χ4n) is 1.69. The molecule has 2 aromatic rings. The number of H-pyrrole nitrogens is 1. The lowest BCUT2D eigenvalue weighted by molar-refractivity contribution is 0.503. The van der Waals surface area contributed by atoms with Crippen LogP contribution in [0, 0.1) is 5.82 Å². The fraction of sp³-hybridized carbons (Fsp3) is 0.333. The number of nitrogens with zero attached hydrogens (tertiary/aromatic N) is 1. The van der Waals surface area contributed by atoms with Crippen LogP contribution in [-0.4, -0.2) is 16.1 Å². The monoisotopic (exact) mass is 283 g/mol. The number of hydrogen-bond acceptors (Lipinski definition) is 4. The number of nitrogens with one attached hydrogen (secondary N) is 2. The summed E-state index contributed by atoms with van der Waals surface area (Å²) >= 11 is 1.65. The smallest absolute Gasteiger partial charge is 0.308 e. The van der Waals surface area contributed by atoms with Crippen LogP contribution >= 0.6 is 11.3 Å². The second kappa shape index (κ2) is 5.94. The van der Waals surface area contributed by atoms with Gasteiger partial charge in [0, 0.05) is 24.0 Å². The molecular weight excluding hydrogens is 269 g/mol. The van der Waals surface area contributed by atoms with Crippen molar-refractivity contribution in [1.29, 1.82) is 0 Å². The molecular formula is C12H14FN3O2S. The molecule has 0 saturated carbocycles. The van der Waals surface area contributed by atoms with Crippen molar-refractivity contribution >= 4 is 11.3 Å². The highest BCUT2D eigenvalue weighted by Crippen LogP contribution is 2.17. The van der Waals surface area contributed by atoms with Gasteiger partial charge in [-0.25, -0.2) is 4.79 Å². The Morgan fingerprint density at radius 3 is 3.00 bits per heavy atom. The molecule has 0 saturated heterocycles. The quantitative estimate of drug-likeness (QED) is 0.863. The maximum absolute atomic E-state index is 13.0. The van der Waals surface area contributed by atoms with Gasteiger partial charge in [-0.1, -0.05) is 6.07 Å². The van der Waals surface area contributed by atoms with E-state index in [4.69, 9.17) is 0 Å². The van der Waals surface area contributed by atoms with Crippen LogP contribution in [0.15, 0.2) is 33.3 Å². The predicted octanol–water partition coefficient (Wildman–Crippen LogP) is 1.09. The van der Waals surface area contributed by atoms with Gasteiger partial charge in [0.25, 0.3) is 5.56 Å². The molecule has 19 heavy (non-hydrogen) atoms. The topological polar surface area (TPSA) is 66.9 Å². The zero-order chi connectivity index (χ0) is 13.8. The van der Waals surface area contributed by atoms with E-state index >= 15 is 0 Å². The van der Waals surface area contributed by atoms with Gasteiger partial charge in [-0.05, 0) is 18.4 Å². The summed E-state index contributed by atoms with van der Waals surface area (Å²) in [6, 6.07) is 4.16. The van der Waals surface area contributed by atoms with Crippen LogP contribution in [-0.2, 0) is 6.54 Å². The summed E-state index contributed by atoms with van der Waals surface area (Å²) in [4.78, 5) is 25.4. The Balaban J connectivity index is 1.95. The second-order valence-corrected chi connectivity index (χ2v) is 5.10. The highest BCUT2D eigenvalue weighted by atomic mass is 32.1. The van der Waals surface area contributed by atoms with Gasteiger partial charge in [0.05, 0.1) is 6.20 Å². The van der Waals surface area contributed by atoms with E-state index in [9.17, 15) is 14.0 Å². The van der Waals surface area contributed by atoms with E-state index < -0.39 is 17.1 Å². The Bertz CT molecular complexity index is 648. The summed E-state index contributed by atoms with van der Waals surface area (Å²) in [6.45, 7) is 2.81. The fourth-order valence-corrected chi connectivity index (χ4v) is 2.45. The standard InChI is InChI=1S/C12H14FN3O2S/c1-8(10-3-2-6-19-10)14-4-5-16-7-9(13)11(17)15-12(16)18/h2-3,6-8,14H,4-5H2,1H3,(H,15,17,18). The third-order valence-electron chi connectivity index (χ3n) is 2.74. The highest BCUT2D eigenvalue weighted by molar-refractivity contribution is 7.10. The van der Waals surface area contributed by atoms with Crippen molar-refractivity contribution in [2.45, 2.75) is 19.5 Å². The Labute approximate surface area is 112 Å². The minimum absolute atomic E-state index is 0.170.